The van der Waals surface area contributed by atoms with Crippen LogP contribution in [0.4, 0.5) is 0 Å². The average Bonchev–Trinajstić information content (AvgIpc) is 3.13. The van der Waals surface area contributed by atoms with E-state index in [2.05, 4.69) is 29.5 Å². The van der Waals surface area contributed by atoms with Gasteiger partial charge in [-0.05, 0) is 65.2 Å². The Morgan fingerprint density at radius 3 is 2.81 bits per heavy atom. The molecule has 16 heavy (non-hydrogen) atoms. The van der Waals surface area contributed by atoms with Gasteiger partial charge < -0.3 is 10.6 Å². The highest BCUT2D eigenvalue weighted by atomic mass is 15.2. The SMILES string of the molecule is CC(CNCC1CCCNC1)N(C)C1CC1. The topological polar surface area (TPSA) is 27.3 Å². The smallest absolute Gasteiger partial charge is 0.0192 e. The highest BCUT2D eigenvalue weighted by Crippen LogP contribution is 2.26. The first-order valence-electron chi connectivity index (χ1n) is 6.90. The van der Waals surface area contributed by atoms with E-state index in [1.165, 1.54) is 45.3 Å². The number of likely N-dealkylation sites (N-methyl/N-ethyl adjacent to an activating group) is 1. The van der Waals surface area contributed by atoms with Gasteiger partial charge >= 0.3 is 0 Å². The summed E-state index contributed by atoms with van der Waals surface area (Å²) >= 11 is 0. The predicted octanol–water partition coefficient (Wildman–Crippen LogP) is 1.06. The van der Waals surface area contributed by atoms with Crippen molar-refractivity contribution >= 4 is 0 Å². The van der Waals surface area contributed by atoms with Gasteiger partial charge in [0.25, 0.3) is 0 Å². The molecule has 2 N–H and O–H groups in total. The third kappa shape index (κ3) is 3.72. The van der Waals surface area contributed by atoms with E-state index in [0.717, 1.165) is 18.5 Å². The lowest BCUT2D eigenvalue weighted by Crippen LogP contribution is -2.42. The number of hydrogen-bond acceptors (Lipinski definition) is 3. The first-order chi connectivity index (χ1) is 7.77. The van der Waals surface area contributed by atoms with E-state index in [4.69, 9.17) is 0 Å². The molecule has 0 aromatic rings. The average molecular weight is 225 g/mol. The number of piperidine rings is 1. The molecule has 2 fully saturated rings. The largest absolute Gasteiger partial charge is 0.316 e. The van der Waals surface area contributed by atoms with E-state index in [1.54, 1.807) is 0 Å². The molecule has 94 valence electrons. The van der Waals surface area contributed by atoms with Crippen LogP contribution in [0.2, 0.25) is 0 Å². The Morgan fingerprint density at radius 1 is 1.38 bits per heavy atom. The second-order valence-electron chi connectivity index (χ2n) is 5.62. The predicted molar refractivity (Wildman–Crippen MR) is 68.7 cm³/mol. The summed E-state index contributed by atoms with van der Waals surface area (Å²) in [5.41, 5.74) is 0. The maximum atomic E-state index is 3.64. The number of rotatable bonds is 6. The van der Waals surface area contributed by atoms with E-state index < -0.39 is 0 Å². The van der Waals surface area contributed by atoms with Crippen LogP contribution >= 0.6 is 0 Å². The van der Waals surface area contributed by atoms with Gasteiger partial charge in [-0.25, -0.2) is 0 Å². The Morgan fingerprint density at radius 2 is 2.19 bits per heavy atom. The van der Waals surface area contributed by atoms with Crippen LogP contribution in [0.1, 0.15) is 32.6 Å². The lowest BCUT2D eigenvalue weighted by Gasteiger charge is -2.27. The summed E-state index contributed by atoms with van der Waals surface area (Å²) in [4.78, 5) is 2.53. The van der Waals surface area contributed by atoms with Gasteiger partial charge in [0.15, 0.2) is 0 Å². The lowest BCUT2D eigenvalue weighted by atomic mass is 10.00. The van der Waals surface area contributed by atoms with E-state index in [0.29, 0.717) is 6.04 Å². The second-order valence-corrected chi connectivity index (χ2v) is 5.62. The molecule has 2 atom stereocenters. The van der Waals surface area contributed by atoms with E-state index in [1.807, 2.05) is 0 Å². The van der Waals surface area contributed by atoms with Crippen LogP contribution < -0.4 is 10.6 Å². The molecule has 0 aromatic carbocycles. The summed E-state index contributed by atoms with van der Waals surface area (Å²) < 4.78 is 0. The fourth-order valence-corrected chi connectivity index (χ4v) is 2.58. The molecule has 1 aliphatic heterocycles. The fraction of sp³-hybridized carbons (Fsp3) is 1.00. The highest BCUT2D eigenvalue weighted by Gasteiger charge is 2.28. The first-order valence-corrected chi connectivity index (χ1v) is 6.90. The van der Waals surface area contributed by atoms with Gasteiger partial charge in [0, 0.05) is 18.6 Å². The molecule has 1 heterocycles. The van der Waals surface area contributed by atoms with Crippen LogP contribution in [0.3, 0.4) is 0 Å². The van der Waals surface area contributed by atoms with Crippen LogP contribution in [0.5, 0.6) is 0 Å². The van der Waals surface area contributed by atoms with Crippen LogP contribution in [0.25, 0.3) is 0 Å². The Balaban J connectivity index is 1.55. The minimum atomic E-state index is 0.684. The summed E-state index contributed by atoms with van der Waals surface area (Å²) in [5, 5.41) is 7.11. The van der Waals surface area contributed by atoms with Gasteiger partial charge in [-0.1, -0.05) is 0 Å². The first kappa shape index (κ1) is 12.3. The summed E-state index contributed by atoms with van der Waals surface area (Å²) in [5.74, 6) is 0.854. The van der Waals surface area contributed by atoms with Crippen molar-refractivity contribution in [2.75, 3.05) is 33.2 Å². The molecule has 1 saturated carbocycles. The van der Waals surface area contributed by atoms with Crippen molar-refractivity contribution in [2.45, 2.75) is 44.7 Å². The number of nitrogens with one attached hydrogen (secondary N) is 2. The Labute approximate surface area is 100.0 Å². The van der Waals surface area contributed by atoms with Crippen molar-refractivity contribution < 1.29 is 0 Å². The van der Waals surface area contributed by atoms with E-state index >= 15 is 0 Å². The van der Waals surface area contributed by atoms with Gasteiger partial charge in [-0.2, -0.15) is 0 Å². The summed E-state index contributed by atoms with van der Waals surface area (Å²) in [7, 11) is 2.27. The maximum Gasteiger partial charge on any atom is 0.0192 e. The van der Waals surface area contributed by atoms with Gasteiger partial charge in [0.05, 0.1) is 0 Å². The van der Waals surface area contributed by atoms with Gasteiger partial charge in [-0.3, -0.25) is 4.90 Å². The highest BCUT2D eigenvalue weighted by molar-refractivity contribution is 4.86. The third-order valence-electron chi connectivity index (χ3n) is 4.09. The summed E-state index contributed by atoms with van der Waals surface area (Å²) in [6, 6.07) is 1.57. The quantitative estimate of drug-likeness (QED) is 0.708. The Hall–Kier alpha value is -0.120. The zero-order valence-corrected chi connectivity index (χ0v) is 10.8. The molecule has 2 unspecified atom stereocenters. The molecule has 1 saturated heterocycles. The second kappa shape index (κ2) is 5.99. The standard InChI is InChI=1S/C13H27N3/c1-11(16(2)13-5-6-13)8-15-10-12-4-3-7-14-9-12/h11-15H,3-10H2,1-2H3. The molecule has 3 nitrogen and oxygen atoms in total. The van der Waals surface area contributed by atoms with Crippen molar-refractivity contribution in [3.8, 4) is 0 Å². The van der Waals surface area contributed by atoms with Gasteiger partial charge in [0.1, 0.15) is 0 Å². The zero-order chi connectivity index (χ0) is 11.4. The van der Waals surface area contributed by atoms with Crippen molar-refractivity contribution in [3.05, 3.63) is 0 Å². The summed E-state index contributed by atoms with van der Waals surface area (Å²) in [6.07, 6.45) is 5.57. The van der Waals surface area contributed by atoms with Crippen LogP contribution in [0, 0.1) is 5.92 Å². The van der Waals surface area contributed by atoms with Crippen molar-refractivity contribution in [2.24, 2.45) is 5.92 Å². The van der Waals surface area contributed by atoms with E-state index in [9.17, 15) is 0 Å². The van der Waals surface area contributed by atoms with Crippen molar-refractivity contribution in [3.63, 3.8) is 0 Å². The fourth-order valence-electron chi connectivity index (χ4n) is 2.58. The van der Waals surface area contributed by atoms with Crippen molar-refractivity contribution in [1.82, 2.24) is 15.5 Å². The summed E-state index contributed by atoms with van der Waals surface area (Å²) in [6.45, 7) is 7.10. The molecular formula is C13H27N3. The number of nitrogens with zero attached hydrogens (tertiary/aromatic N) is 1. The molecular weight excluding hydrogens is 198 g/mol. The lowest BCUT2D eigenvalue weighted by molar-refractivity contribution is 0.235. The molecule has 0 amide bonds. The molecule has 1 aliphatic carbocycles. The maximum absolute atomic E-state index is 3.64. The molecule has 0 bridgehead atoms. The minimum absolute atomic E-state index is 0.684. The number of hydrogen-bond donors (Lipinski definition) is 2. The normalized spacial score (nSPS) is 28.3. The monoisotopic (exact) mass is 225 g/mol. The Bertz CT molecular complexity index is 197. The van der Waals surface area contributed by atoms with Crippen LogP contribution in [-0.4, -0.2) is 50.2 Å². The molecule has 3 heteroatoms. The van der Waals surface area contributed by atoms with Crippen LogP contribution in [-0.2, 0) is 0 Å². The zero-order valence-electron chi connectivity index (χ0n) is 10.8. The molecule has 2 aliphatic rings. The third-order valence-corrected chi connectivity index (χ3v) is 4.09. The van der Waals surface area contributed by atoms with Gasteiger partial charge in [-0.15, -0.1) is 0 Å². The molecule has 0 radical (unpaired) electrons. The minimum Gasteiger partial charge on any atom is -0.316 e. The van der Waals surface area contributed by atoms with Crippen molar-refractivity contribution in [1.29, 1.82) is 0 Å². The van der Waals surface area contributed by atoms with E-state index in [-0.39, 0.29) is 0 Å². The van der Waals surface area contributed by atoms with Gasteiger partial charge in [0.2, 0.25) is 0 Å². The molecule has 2 rings (SSSR count). The Kier molecular flexibility index (Phi) is 4.62. The molecule has 0 spiro atoms. The molecule has 0 aromatic heterocycles. The van der Waals surface area contributed by atoms with Crippen LogP contribution in [0.15, 0.2) is 0 Å².